The third kappa shape index (κ3) is 4.37. The Balaban J connectivity index is 1.54. The molecule has 6 nitrogen and oxygen atoms in total. The Morgan fingerprint density at radius 1 is 1.26 bits per heavy atom. The fourth-order valence-electron chi connectivity index (χ4n) is 2.63. The first kappa shape index (κ1) is 17.8. The highest BCUT2D eigenvalue weighted by Gasteiger charge is 2.15. The average Bonchev–Trinajstić information content (AvgIpc) is 3.12. The Morgan fingerprint density at radius 2 is 2.11 bits per heavy atom. The number of nitrogens with one attached hydrogen (secondary N) is 2. The van der Waals surface area contributed by atoms with Gasteiger partial charge in [0.05, 0.1) is 11.3 Å². The minimum Gasteiger partial charge on any atom is -0.438 e. The van der Waals surface area contributed by atoms with Crippen LogP contribution in [0.25, 0.3) is 11.3 Å². The number of halogens is 1. The van der Waals surface area contributed by atoms with Crippen LogP contribution in [0.3, 0.4) is 0 Å². The summed E-state index contributed by atoms with van der Waals surface area (Å²) in [5.41, 5.74) is 1.62. The molecule has 0 amide bonds. The van der Waals surface area contributed by atoms with Gasteiger partial charge in [-0.1, -0.05) is 11.6 Å². The lowest BCUT2D eigenvalue weighted by Gasteiger charge is -2.20. The van der Waals surface area contributed by atoms with Gasteiger partial charge < -0.3 is 15.4 Å². The maximum Gasteiger partial charge on any atom is 0.228 e. The maximum atomic E-state index is 5.93. The monoisotopic (exact) mass is 399 g/mol. The third-order valence-corrected chi connectivity index (χ3v) is 5.03. The van der Waals surface area contributed by atoms with Crippen LogP contribution >= 0.6 is 22.9 Å². The predicted molar refractivity (Wildman–Crippen MR) is 110 cm³/mol. The van der Waals surface area contributed by atoms with Crippen molar-refractivity contribution in [2.45, 2.75) is 19.4 Å². The lowest BCUT2D eigenvalue weighted by atomic mass is 10.2. The van der Waals surface area contributed by atoms with Gasteiger partial charge in [0.15, 0.2) is 11.1 Å². The van der Waals surface area contributed by atoms with Gasteiger partial charge in [-0.2, -0.15) is 0 Å². The second-order valence-corrected chi connectivity index (χ2v) is 7.43. The number of benzene rings is 1. The van der Waals surface area contributed by atoms with Crippen molar-refractivity contribution < 1.29 is 4.74 Å². The van der Waals surface area contributed by atoms with E-state index in [1.807, 2.05) is 29.6 Å². The highest BCUT2D eigenvalue weighted by Crippen LogP contribution is 2.33. The molecule has 0 saturated heterocycles. The first-order valence-electron chi connectivity index (χ1n) is 8.60. The number of guanidine groups is 1. The van der Waals surface area contributed by atoms with Crippen molar-refractivity contribution in [1.82, 2.24) is 15.3 Å². The molecule has 27 heavy (non-hydrogen) atoms. The van der Waals surface area contributed by atoms with Crippen LogP contribution in [0, 0.1) is 0 Å². The van der Waals surface area contributed by atoms with Gasteiger partial charge >= 0.3 is 0 Å². The van der Waals surface area contributed by atoms with Crippen molar-refractivity contribution in [3.63, 3.8) is 0 Å². The van der Waals surface area contributed by atoms with Crippen LogP contribution < -0.4 is 15.4 Å². The van der Waals surface area contributed by atoms with Gasteiger partial charge in [0, 0.05) is 29.2 Å². The van der Waals surface area contributed by atoms with Gasteiger partial charge in [-0.05, 0) is 49.7 Å². The highest BCUT2D eigenvalue weighted by molar-refractivity contribution is 7.14. The number of ether oxygens (including phenoxy) is 1. The zero-order valence-corrected chi connectivity index (χ0v) is 16.2. The summed E-state index contributed by atoms with van der Waals surface area (Å²) in [4.78, 5) is 13.5. The molecule has 138 valence electrons. The van der Waals surface area contributed by atoms with E-state index in [0.717, 1.165) is 35.3 Å². The van der Waals surface area contributed by atoms with Gasteiger partial charge in [0.25, 0.3) is 0 Å². The molecule has 0 saturated carbocycles. The van der Waals surface area contributed by atoms with E-state index in [1.165, 1.54) is 11.3 Å². The van der Waals surface area contributed by atoms with Gasteiger partial charge in [0.1, 0.15) is 5.75 Å². The van der Waals surface area contributed by atoms with E-state index >= 15 is 0 Å². The van der Waals surface area contributed by atoms with E-state index < -0.39 is 0 Å². The molecule has 3 aromatic rings. The predicted octanol–water partition coefficient (Wildman–Crippen LogP) is 4.80. The fourth-order valence-corrected chi connectivity index (χ4v) is 3.47. The Labute approximate surface area is 166 Å². The number of hydrogen-bond donors (Lipinski definition) is 2. The second kappa shape index (κ2) is 7.94. The topological polar surface area (TPSA) is 71.4 Å². The lowest BCUT2D eigenvalue weighted by Crippen LogP contribution is -2.41. The van der Waals surface area contributed by atoms with E-state index in [4.69, 9.17) is 16.3 Å². The Kier molecular flexibility index (Phi) is 5.22. The molecule has 1 unspecified atom stereocenters. The average molecular weight is 400 g/mol. The summed E-state index contributed by atoms with van der Waals surface area (Å²) >= 11 is 7.44. The minimum atomic E-state index is 0.405. The van der Waals surface area contributed by atoms with Gasteiger partial charge in [-0.3, -0.25) is 4.99 Å². The van der Waals surface area contributed by atoms with E-state index in [-0.39, 0.29) is 0 Å². The summed E-state index contributed by atoms with van der Waals surface area (Å²) in [6.07, 6.45) is 2.73. The van der Waals surface area contributed by atoms with Crippen LogP contribution in [0.15, 0.2) is 53.0 Å². The molecule has 2 aromatic heterocycles. The highest BCUT2D eigenvalue weighted by atomic mass is 35.5. The number of nitrogens with zero attached hydrogens (tertiary/aromatic N) is 3. The molecule has 1 atom stereocenters. The summed E-state index contributed by atoms with van der Waals surface area (Å²) in [5, 5.41) is 9.97. The fraction of sp³-hybridized carbons (Fsp3) is 0.211. The smallest absolute Gasteiger partial charge is 0.228 e. The minimum absolute atomic E-state index is 0.405. The number of aromatic nitrogens is 2. The van der Waals surface area contributed by atoms with Crippen molar-refractivity contribution >= 4 is 34.0 Å². The standard InChI is InChI=1S/C19H18ClN5OS/c1-12-8-10-22-18(23-12)25-19-24-16(11-27-19)15-3-2-9-21-17(15)26-14-6-4-13(20)5-7-14/h2-7,9,11-12H,8,10H2,1H3,(H2,22,23,24,25). The largest absolute Gasteiger partial charge is 0.438 e. The van der Waals surface area contributed by atoms with Crippen LogP contribution in [0.2, 0.25) is 5.02 Å². The van der Waals surface area contributed by atoms with Crippen molar-refractivity contribution in [2.24, 2.45) is 4.99 Å². The molecule has 0 fully saturated rings. The third-order valence-electron chi connectivity index (χ3n) is 4.02. The summed E-state index contributed by atoms with van der Waals surface area (Å²) in [5.74, 6) is 1.93. The van der Waals surface area contributed by atoms with Crippen LogP contribution in [0.4, 0.5) is 5.13 Å². The molecule has 4 rings (SSSR count). The zero-order valence-electron chi connectivity index (χ0n) is 14.6. The van der Waals surface area contributed by atoms with Gasteiger partial charge in [-0.15, -0.1) is 11.3 Å². The van der Waals surface area contributed by atoms with Gasteiger partial charge in [-0.25, -0.2) is 9.97 Å². The molecular weight excluding hydrogens is 382 g/mol. The SMILES string of the molecule is CC1CCN=C(Nc2nc(-c3cccnc3Oc3ccc(Cl)cc3)cs2)N1. The van der Waals surface area contributed by atoms with Crippen molar-refractivity contribution in [2.75, 3.05) is 11.9 Å². The molecule has 3 heterocycles. The number of thiazole rings is 1. The van der Waals surface area contributed by atoms with E-state index in [9.17, 15) is 0 Å². The maximum absolute atomic E-state index is 5.93. The Morgan fingerprint density at radius 3 is 2.93 bits per heavy atom. The quantitative estimate of drug-likeness (QED) is 0.659. The Bertz CT molecular complexity index is 957. The molecule has 1 aromatic carbocycles. The molecule has 0 bridgehead atoms. The normalized spacial score (nSPS) is 16.4. The first-order chi connectivity index (χ1) is 13.2. The van der Waals surface area contributed by atoms with E-state index in [0.29, 0.717) is 22.7 Å². The summed E-state index contributed by atoms with van der Waals surface area (Å²) in [7, 11) is 0. The lowest BCUT2D eigenvalue weighted by molar-refractivity contribution is 0.465. The number of hydrogen-bond acceptors (Lipinski definition) is 7. The molecule has 2 N–H and O–H groups in total. The number of pyridine rings is 1. The molecule has 0 spiro atoms. The van der Waals surface area contributed by atoms with Crippen molar-refractivity contribution in [3.05, 3.63) is 53.0 Å². The summed E-state index contributed by atoms with van der Waals surface area (Å²) in [6, 6.07) is 11.4. The number of anilines is 1. The molecular formula is C19H18ClN5OS. The van der Waals surface area contributed by atoms with Crippen LogP contribution in [-0.2, 0) is 0 Å². The van der Waals surface area contributed by atoms with Crippen molar-refractivity contribution in [3.8, 4) is 22.9 Å². The van der Waals surface area contributed by atoms with Gasteiger partial charge in [0.2, 0.25) is 5.88 Å². The summed E-state index contributed by atoms with van der Waals surface area (Å²) in [6.45, 7) is 2.95. The second-order valence-electron chi connectivity index (χ2n) is 6.14. The zero-order chi connectivity index (χ0) is 18.6. The molecule has 8 heteroatoms. The van der Waals surface area contributed by atoms with Crippen LogP contribution in [0.5, 0.6) is 11.6 Å². The van der Waals surface area contributed by atoms with Crippen LogP contribution in [-0.4, -0.2) is 28.5 Å². The summed E-state index contributed by atoms with van der Waals surface area (Å²) < 4.78 is 5.93. The first-order valence-corrected chi connectivity index (χ1v) is 9.85. The molecule has 0 aliphatic carbocycles. The molecule has 0 radical (unpaired) electrons. The number of rotatable bonds is 4. The van der Waals surface area contributed by atoms with E-state index in [1.54, 1.807) is 18.3 Å². The van der Waals surface area contributed by atoms with Crippen molar-refractivity contribution in [1.29, 1.82) is 0 Å². The Hall–Kier alpha value is -2.64. The number of aliphatic imine (C=N–C) groups is 1. The molecule has 1 aliphatic heterocycles. The van der Waals surface area contributed by atoms with Crippen LogP contribution in [0.1, 0.15) is 13.3 Å². The molecule has 1 aliphatic rings. The van der Waals surface area contributed by atoms with E-state index in [2.05, 4.69) is 32.5 Å².